The number of rotatable bonds is 2. The summed E-state index contributed by atoms with van der Waals surface area (Å²) in [6, 6.07) is 5.55. The van der Waals surface area contributed by atoms with Crippen molar-refractivity contribution in [1.82, 2.24) is 0 Å². The van der Waals surface area contributed by atoms with Crippen molar-refractivity contribution < 1.29 is 9.59 Å². The Hall–Kier alpha value is -1.64. The van der Waals surface area contributed by atoms with E-state index in [-0.39, 0.29) is 0 Å². The molecule has 0 saturated carbocycles. The van der Waals surface area contributed by atoms with Crippen LogP contribution >= 0.6 is 0 Å². The molecule has 0 spiro atoms. The Morgan fingerprint density at radius 2 is 2.00 bits per heavy atom. The molecule has 1 aromatic carbocycles. The molecule has 0 unspecified atom stereocenters. The molecule has 0 saturated heterocycles. The summed E-state index contributed by atoms with van der Waals surface area (Å²) in [5.74, 6) is -0.442. The summed E-state index contributed by atoms with van der Waals surface area (Å²) in [4.78, 5) is 22.8. The molecule has 0 fully saturated rings. The first kappa shape index (κ1) is 9.90. The second-order valence-corrected chi connectivity index (χ2v) is 4.22. The Labute approximate surface area is 88.5 Å². The van der Waals surface area contributed by atoms with Gasteiger partial charge in [-0.1, -0.05) is 26.0 Å². The van der Waals surface area contributed by atoms with Gasteiger partial charge in [-0.2, -0.15) is 0 Å². The molecule has 2 rings (SSSR count). The molecular weight excluding hydrogens is 190 g/mol. The third kappa shape index (κ3) is 1.65. The molecule has 15 heavy (non-hydrogen) atoms. The number of ketones is 1. The van der Waals surface area contributed by atoms with Crippen LogP contribution in [0.4, 0.5) is 5.69 Å². The van der Waals surface area contributed by atoms with Gasteiger partial charge < -0.3 is 5.32 Å². The van der Waals surface area contributed by atoms with Gasteiger partial charge in [-0.3, -0.25) is 9.59 Å². The number of nitrogens with one attached hydrogen (secondary N) is 1. The third-order valence-electron chi connectivity index (χ3n) is 2.46. The minimum atomic E-state index is -0.513. The van der Waals surface area contributed by atoms with E-state index in [1.54, 1.807) is 6.07 Å². The topological polar surface area (TPSA) is 46.2 Å². The number of carbonyl (C=O) groups is 2. The molecule has 1 amide bonds. The summed E-state index contributed by atoms with van der Waals surface area (Å²) in [7, 11) is 0. The van der Waals surface area contributed by atoms with Gasteiger partial charge >= 0.3 is 0 Å². The van der Waals surface area contributed by atoms with Crippen LogP contribution in [0, 0.1) is 5.92 Å². The Morgan fingerprint density at radius 1 is 1.27 bits per heavy atom. The minimum absolute atomic E-state index is 0.402. The van der Waals surface area contributed by atoms with Crippen molar-refractivity contribution in [3.05, 3.63) is 29.3 Å². The average Bonchev–Trinajstić information content (AvgIpc) is 2.43. The summed E-state index contributed by atoms with van der Waals surface area (Å²) in [6.07, 6.45) is 0.823. The van der Waals surface area contributed by atoms with Gasteiger partial charge in [0, 0.05) is 0 Å². The first-order chi connectivity index (χ1) is 7.09. The van der Waals surface area contributed by atoms with Crippen molar-refractivity contribution in [2.75, 3.05) is 5.32 Å². The van der Waals surface area contributed by atoms with Gasteiger partial charge in [-0.25, -0.2) is 0 Å². The maximum atomic E-state index is 11.6. The Kier molecular flexibility index (Phi) is 2.31. The SMILES string of the molecule is CC(C)Cc1cccc2c1C(=O)C(=O)N2. The molecule has 3 heteroatoms. The number of Topliss-reactive ketones (excluding diaryl/α,β-unsaturated/α-hetero) is 1. The van der Waals surface area contributed by atoms with E-state index in [0.717, 1.165) is 12.0 Å². The normalized spacial score (nSPS) is 14.3. The molecule has 1 aliphatic heterocycles. The van der Waals surface area contributed by atoms with Gasteiger partial charge in [0.1, 0.15) is 0 Å². The van der Waals surface area contributed by atoms with E-state index < -0.39 is 11.7 Å². The fourth-order valence-electron chi connectivity index (χ4n) is 1.87. The van der Waals surface area contributed by atoms with Gasteiger partial charge in [0.25, 0.3) is 11.7 Å². The lowest BCUT2D eigenvalue weighted by Gasteiger charge is -2.08. The molecule has 1 N–H and O–H groups in total. The van der Waals surface area contributed by atoms with E-state index >= 15 is 0 Å². The van der Waals surface area contributed by atoms with Gasteiger partial charge in [0.15, 0.2) is 0 Å². The Bertz CT molecular complexity index is 435. The zero-order valence-electron chi connectivity index (χ0n) is 8.83. The highest BCUT2D eigenvalue weighted by molar-refractivity contribution is 6.52. The number of hydrogen-bond acceptors (Lipinski definition) is 2. The number of amides is 1. The quantitative estimate of drug-likeness (QED) is 0.747. The summed E-state index contributed by atoms with van der Waals surface area (Å²) >= 11 is 0. The highest BCUT2D eigenvalue weighted by atomic mass is 16.2. The molecular formula is C12H13NO2. The number of hydrogen-bond donors (Lipinski definition) is 1. The molecule has 78 valence electrons. The zero-order chi connectivity index (χ0) is 11.0. The van der Waals surface area contributed by atoms with E-state index in [1.165, 1.54) is 0 Å². The fraction of sp³-hybridized carbons (Fsp3) is 0.333. The molecule has 0 radical (unpaired) electrons. The van der Waals surface area contributed by atoms with Gasteiger partial charge in [-0.05, 0) is 24.0 Å². The van der Waals surface area contributed by atoms with E-state index in [2.05, 4.69) is 19.2 Å². The van der Waals surface area contributed by atoms with Crippen molar-refractivity contribution in [2.45, 2.75) is 20.3 Å². The van der Waals surface area contributed by atoms with Crippen LogP contribution in [0.15, 0.2) is 18.2 Å². The molecule has 3 nitrogen and oxygen atoms in total. The maximum absolute atomic E-state index is 11.6. The lowest BCUT2D eigenvalue weighted by molar-refractivity contribution is -0.112. The van der Waals surface area contributed by atoms with Crippen LogP contribution in [0.3, 0.4) is 0 Å². The monoisotopic (exact) mass is 203 g/mol. The van der Waals surface area contributed by atoms with Gasteiger partial charge in [0.2, 0.25) is 0 Å². The Balaban J connectivity index is 2.47. The molecule has 0 bridgehead atoms. The zero-order valence-corrected chi connectivity index (χ0v) is 8.83. The third-order valence-corrected chi connectivity index (χ3v) is 2.46. The van der Waals surface area contributed by atoms with Crippen LogP contribution in [-0.2, 0) is 11.2 Å². The van der Waals surface area contributed by atoms with Crippen LogP contribution < -0.4 is 5.32 Å². The van der Waals surface area contributed by atoms with Crippen LogP contribution in [0.2, 0.25) is 0 Å². The van der Waals surface area contributed by atoms with Crippen molar-refractivity contribution in [3.63, 3.8) is 0 Å². The fourth-order valence-corrected chi connectivity index (χ4v) is 1.87. The average molecular weight is 203 g/mol. The van der Waals surface area contributed by atoms with E-state index in [0.29, 0.717) is 17.2 Å². The lowest BCUT2D eigenvalue weighted by Crippen LogP contribution is -2.13. The first-order valence-corrected chi connectivity index (χ1v) is 5.07. The van der Waals surface area contributed by atoms with Crippen LogP contribution in [0.1, 0.15) is 29.8 Å². The van der Waals surface area contributed by atoms with Crippen LogP contribution in [-0.4, -0.2) is 11.7 Å². The second-order valence-electron chi connectivity index (χ2n) is 4.22. The van der Waals surface area contributed by atoms with E-state index in [4.69, 9.17) is 0 Å². The van der Waals surface area contributed by atoms with E-state index in [1.807, 2.05) is 12.1 Å². The number of benzene rings is 1. The summed E-state index contributed by atoms with van der Waals surface area (Å²) in [5.41, 5.74) is 2.19. The smallest absolute Gasteiger partial charge is 0.296 e. The highest BCUT2D eigenvalue weighted by Gasteiger charge is 2.30. The largest absolute Gasteiger partial charge is 0.318 e. The highest BCUT2D eigenvalue weighted by Crippen LogP contribution is 2.27. The number of fused-ring (bicyclic) bond motifs is 1. The summed E-state index contributed by atoms with van der Waals surface area (Å²) < 4.78 is 0. The van der Waals surface area contributed by atoms with Crippen molar-refractivity contribution in [1.29, 1.82) is 0 Å². The van der Waals surface area contributed by atoms with Crippen molar-refractivity contribution in [2.24, 2.45) is 5.92 Å². The second kappa shape index (κ2) is 3.50. The molecule has 0 atom stereocenters. The first-order valence-electron chi connectivity index (χ1n) is 5.07. The molecule has 1 heterocycles. The molecule has 0 aliphatic carbocycles. The summed E-state index contributed by atoms with van der Waals surface area (Å²) in [5, 5.41) is 2.57. The number of anilines is 1. The molecule has 1 aromatic rings. The minimum Gasteiger partial charge on any atom is -0.318 e. The molecule has 1 aliphatic rings. The lowest BCUT2D eigenvalue weighted by atomic mass is 9.96. The van der Waals surface area contributed by atoms with E-state index in [9.17, 15) is 9.59 Å². The van der Waals surface area contributed by atoms with Gasteiger partial charge in [0.05, 0.1) is 11.3 Å². The number of carbonyl (C=O) groups excluding carboxylic acids is 2. The predicted octanol–water partition coefficient (Wildman–Crippen LogP) is 2.02. The van der Waals surface area contributed by atoms with Crippen molar-refractivity contribution in [3.8, 4) is 0 Å². The molecule has 0 aromatic heterocycles. The predicted molar refractivity (Wildman–Crippen MR) is 57.9 cm³/mol. The van der Waals surface area contributed by atoms with Crippen LogP contribution in [0.5, 0.6) is 0 Å². The van der Waals surface area contributed by atoms with Crippen molar-refractivity contribution >= 4 is 17.4 Å². The Morgan fingerprint density at radius 3 is 2.67 bits per heavy atom. The maximum Gasteiger partial charge on any atom is 0.296 e. The van der Waals surface area contributed by atoms with Crippen LogP contribution in [0.25, 0.3) is 0 Å². The van der Waals surface area contributed by atoms with Gasteiger partial charge in [-0.15, -0.1) is 0 Å². The summed E-state index contributed by atoms with van der Waals surface area (Å²) in [6.45, 7) is 4.18. The standard InChI is InChI=1S/C12H13NO2/c1-7(2)6-8-4-3-5-9-10(8)11(14)12(15)13-9/h3-5,7H,6H2,1-2H3,(H,13,14,15).